The topological polar surface area (TPSA) is 64.4 Å². The molecule has 0 radical (unpaired) electrons. The first-order chi connectivity index (χ1) is 10.8. The second kappa shape index (κ2) is 6.86. The van der Waals surface area contributed by atoms with Crippen molar-refractivity contribution in [2.45, 2.75) is 40.0 Å². The monoisotopic (exact) mass is 316 g/mol. The van der Waals surface area contributed by atoms with Crippen LogP contribution in [0.1, 0.15) is 48.1 Å². The predicted octanol–water partition coefficient (Wildman–Crippen LogP) is 3.40. The number of nitrogens with zero attached hydrogens (tertiary/aromatic N) is 1. The molecule has 0 atom stereocenters. The minimum atomic E-state index is -0.187. The number of hydrogen-bond donors (Lipinski definition) is 1. The first-order valence-corrected chi connectivity index (χ1v) is 7.73. The fraction of sp³-hybridized carbons (Fsp3) is 0.444. The summed E-state index contributed by atoms with van der Waals surface area (Å²) in [6.45, 7) is 10.8. The van der Waals surface area contributed by atoms with Crippen molar-refractivity contribution in [1.29, 1.82) is 0 Å². The van der Waals surface area contributed by atoms with Crippen LogP contribution in [0.5, 0.6) is 5.75 Å². The zero-order valence-electron chi connectivity index (χ0n) is 14.4. The summed E-state index contributed by atoms with van der Waals surface area (Å²) in [7, 11) is 0. The van der Waals surface area contributed by atoms with Crippen molar-refractivity contribution in [3.63, 3.8) is 0 Å². The van der Waals surface area contributed by atoms with Crippen molar-refractivity contribution in [3.8, 4) is 5.75 Å². The van der Waals surface area contributed by atoms with Crippen molar-refractivity contribution >= 4 is 5.91 Å². The van der Waals surface area contributed by atoms with E-state index in [1.54, 1.807) is 13.8 Å². The number of hydrogen-bond acceptors (Lipinski definition) is 4. The zero-order chi connectivity index (χ0) is 17.0. The number of benzene rings is 1. The molecule has 0 fully saturated rings. The molecule has 1 aromatic heterocycles. The fourth-order valence-electron chi connectivity index (χ4n) is 2.28. The number of rotatable bonds is 5. The van der Waals surface area contributed by atoms with E-state index < -0.39 is 0 Å². The van der Waals surface area contributed by atoms with Gasteiger partial charge in [-0.2, -0.15) is 0 Å². The average Bonchev–Trinajstić information content (AvgIpc) is 2.82. The summed E-state index contributed by atoms with van der Waals surface area (Å²) >= 11 is 0. The van der Waals surface area contributed by atoms with Crippen LogP contribution >= 0.6 is 0 Å². The van der Waals surface area contributed by atoms with Gasteiger partial charge in [0.25, 0.3) is 5.91 Å². The highest BCUT2D eigenvalue weighted by Gasteiger charge is 2.17. The normalized spacial score (nSPS) is 11.3. The van der Waals surface area contributed by atoms with Gasteiger partial charge >= 0.3 is 0 Å². The third kappa shape index (κ3) is 4.34. The Kier molecular flexibility index (Phi) is 5.08. The largest absolute Gasteiger partial charge is 0.492 e. The van der Waals surface area contributed by atoms with E-state index in [0.717, 1.165) is 5.75 Å². The standard InChI is InChI=1S/C18H24N2O3/c1-12-16(13(2)23-20-12)17(21)19-10-11-22-15-8-6-14(7-9-15)18(3,4)5/h6-9H,10-11H2,1-5H3,(H,19,21). The summed E-state index contributed by atoms with van der Waals surface area (Å²) in [6.07, 6.45) is 0. The molecule has 1 heterocycles. The molecule has 5 nitrogen and oxygen atoms in total. The van der Waals surface area contributed by atoms with Crippen molar-refractivity contribution < 1.29 is 14.1 Å². The Morgan fingerprint density at radius 1 is 1.22 bits per heavy atom. The minimum absolute atomic E-state index is 0.126. The van der Waals surface area contributed by atoms with Gasteiger partial charge in [-0.15, -0.1) is 0 Å². The lowest BCUT2D eigenvalue weighted by Gasteiger charge is -2.19. The third-order valence-electron chi connectivity index (χ3n) is 3.64. The van der Waals surface area contributed by atoms with Gasteiger partial charge in [0.2, 0.25) is 0 Å². The van der Waals surface area contributed by atoms with Crippen LogP contribution in [0.25, 0.3) is 0 Å². The molecular weight excluding hydrogens is 292 g/mol. The minimum Gasteiger partial charge on any atom is -0.492 e. The van der Waals surface area contributed by atoms with Gasteiger partial charge in [-0.05, 0) is 37.0 Å². The maximum atomic E-state index is 12.0. The zero-order valence-corrected chi connectivity index (χ0v) is 14.4. The van der Waals surface area contributed by atoms with E-state index in [1.807, 2.05) is 12.1 Å². The predicted molar refractivity (Wildman–Crippen MR) is 88.9 cm³/mol. The van der Waals surface area contributed by atoms with Gasteiger partial charge in [0.05, 0.1) is 12.2 Å². The third-order valence-corrected chi connectivity index (χ3v) is 3.64. The molecular formula is C18H24N2O3. The van der Waals surface area contributed by atoms with E-state index in [9.17, 15) is 4.79 Å². The van der Waals surface area contributed by atoms with Crippen LogP contribution in [0.2, 0.25) is 0 Å². The molecule has 0 aliphatic rings. The first-order valence-electron chi connectivity index (χ1n) is 7.73. The summed E-state index contributed by atoms with van der Waals surface area (Å²) in [5.74, 6) is 1.14. The highest BCUT2D eigenvalue weighted by molar-refractivity contribution is 5.96. The van der Waals surface area contributed by atoms with Gasteiger partial charge in [0.1, 0.15) is 23.7 Å². The molecule has 1 N–H and O–H groups in total. The molecule has 124 valence electrons. The number of amides is 1. The summed E-state index contributed by atoms with van der Waals surface area (Å²) in [6, 6.07) is 8.04. The van der Waals surface area contributed by atoms with Crippen LogP contribution in [-0.2, 0) is 5.41 Å². The Hall–Kier alpha value is -2.30. The number of ether oxygens (including phenoxy) is 1. The number of nitrogens with one attached hydrogen (secondary N) is 1. The van der Waals surface area contributed by atoms with Crippen LogP contribution < -0.4 is 10.1 Å². The molecule has 1 aromatic carbocycles. The van der Waals surface area contributed by atoms with E-state index in [1.165, 1.54) is 5.56 Å². The molecule has 0 saturated heterocycles. The van der Waals surface area contributed by atoms with Crippen molar-refractivity contribution in [2.24, 2.45) is 0 Å². The Labute approximate surface area is 137 Å². The molecule has 2 aromatic rings. The van der Waals surface area contributed by atoms with Crippen LogP contribution in [0, 0.1) is 13.8 Å². The van der Waals surface area contributed by atoms with Gasteiger partial charge in [0.15, 0.2) is 0 Å². The van der Waals surface area contributed by atoms with Gasteiger partial charge in [-0.3, -0.25) is 4.79 Å². The summed E-state index contributed by atoms with van der Waals surface area (Å²) in [4.78, 5) is 12.0. The van der Waals surface area contributed by atoms with Crippen LogP contribution in [-0.4, -0.2) is 24.2 Å². The molecule has 0 bridgehead atoms. The fourth-order valence-corrected chi connectivity index (χ4v) is 2.28. The van der Waals surface area contributed by atoms with Crippen LogP contribution in [0.15, 0.2) is 28.8 Å². The Balaban J connectivity index is 1.81. The number of aromatic nitrogens is 1. The van der Waals surface area contributed by atoms with Crippen molar-refractivity contribution in [1.82, 2.24) is 10.5 Å². The van der Waals surface area contributed by atoms with E-state index >= 15 is 0 Å². The lowest BCUT2D eigenvalue weighted by molar-refractivity contribution is 0.0945. The molecule has 0 aliphatic carbocycles. The quantitative estimate of drug-likeness (QED) is 0.859. The SMILES string of the molecule is Cc1noc(C)c1C(=O)NCCOc1ccc(C(C)(C)C)cc1. The molecule has 0 saturated carbocycles. The summed E-state index contributed by atoms with van der Waals surface area (Å²) in [5, 5.41) is 6.58. The van der Waals surface area contributed by atoms with E-state index in [0.29, 0.717) is 30.2 Å². The van der Waals surface area contributed by atoms with E-state index in [4.69, 9.17) is 9.26 Å². The molecule has 23 heavy (non-hydrogen) atoms. The second-order valence-electron chi connectivity index (χ2n) is 6.58. The lowest BCUT2D eigenvalue weighted by atomic mass is 9.87. The van der Waals surface area contributed by atoms with Gasteiger partial charge in [-0.1, -0.05) is 38.1 Å². The molecule has 0 aliphatic heterocycles. The maximum Gasteiger partial charge on any atom is 0.256 e. The van der Waals surface area contributed by atoms with Crippen molar-refractivity contribution in [2.75, 3.05) is 13.2 Å². The van der Waals surface area contributed by atoms with Crippen molar-refractivity contribution in [3.05, 3.63) is 46.8 Å². The average molecular weight is 316 g/mol. The van der Waals surface area contributed by atoms with E-state index in [-0.39, 0.29) is 11.3 Å². The first kappa shape index (κ1) is 17.1. The maximum absolute atomic E-state index is 12.0. The molecule has 1 amide bonds. The van der Waals surface area contributed by atoms with Crippen LogP contribution in [0.3, 0.4) is 0 Å². The Bertz CT molecular complexity index is 647. The summed E-state index contributed by atoms with van der Waals surface area (Å²) in [5.41, 5.74) is 2.48. The van der Waals surface area contributed by atoms with Gasteiger partial charge in [-0.25, -0.2) is 0 Å². The lowest BCUT2D eigenvalue weighted by Crippen LogP contribution is -2.28. The number of aryl methyl sites for hydroxylation is 2. The molecule has 5 heteroatoms. The number of carbonyl (C=O) groups is 1. The molecule has 0 spiro atoms. The Morgan fingerprint density at radius 2 is 1.87 bits per heavy atom. The highest BCUT2D eigenvalue weighted by atomic mass is 16.5. The smallest absolute Gasteiger partial charge is 0.256 e. The number of carbonyl (C=O) groups excluding carboxylic acids is 1. The highest BCUT2D eigenvalue weighted by Crippen LogP contribution is 2.24. The van der Waals surface area contributed by atoms with Gasteiger partial charge in [0, 0.05) is 0 Å². The summed E-state index contributed by atoms with van der Waals surface area (Å²) < 4.78 is 10.6. The second-order valence-corrected chi connectivity index (χ2v) is 6.58. The molecule has 0 unspecified atom stereocenters. The Morgan fingerprint density at radius 3 is 2.39 bits per heavy atom. The van der Waals surface area contributed by atoms with Gasteiger partial charge < -0.3 is 14.6 Å². The van der Waals surface area contributed by atoms with Crippen LogP contribution in [0.4, 0.5) is 0 Å². The van der Waals surface area contributed by atoms with E-state index in [2.05, 4.69) is 43.4 Å². The molecule has 2 rings (SSSR count).